The highest BCUT2D eigenvalue weighted by Gasteiger charge is 2.27. The van der Waals surface area contributed by atoms with Gasteiger partial charge in [0.1, 0.15) is 5.75 Å². The predicted octanol–water partition coefficient (Wildman–Crippen LogP) is 4.32. The number of hydrogen-bond acceptors (Lipinski definition) is 2. The SMILES string of the molecule is C[C](c1ccccc1)c1ccc2c(c1)COC(C)(C)O2. The van der Waals surface area contributed by atoms with Crippen molar-refractivity contribution in [2.75, 3.05) is 0 Å². The van der Waals surface area contributed by atoms with Gasteiger partial charge in [-0.25, -0.2) is 0 Å². The van der Waals surface area contributed by atoms with E-state index in [1.807, 2.05) is 26.0 Å². The molecule has 2 aromatic carbocycles. The lowest BCUT2D eigenvalue weighted by Crippen LogP contribution is -2.35. The van der Waals surface area contributed by atoms with Crippen LogP contribution in [0.2, 0.25) is 0 Å². The molecule has 0 fully saturated rings. The molecule has 2 aromatic rings. The van der Waals surface area contributed by atoms with Crippen LogP contribution in [0.15, 0.2) is 48.5 Å². The summed E-state index contributed by atoms with van der Waals surface area (Å²) < 4.78 is 11.5. The van der Waals surface area contributed by atoms with Crippen molar-refractivity contribution in [2.45, 2.75) is 33.2 Å². The Labute approximate surface area is 120 Å². The molecule has 1 radical (unpaired) electrons. The summed E-state index contributed by atoms with van der Waals surface area (Å²) in [7, 11) is 0. The molecule has 0 spiro atoms. The first-order chi connectivity index (χ1) is 9.55. The Bertz CT molecular complexity index is 602. The van der Waals surface area contributed by atoms with E-state index in [4.69, 9.17) is 9.47 Å². The highest BCUT2D eigenvalue weighted by atomic mass is 16.7. The van der Waals surface area contributed by atoms with Crippen LogP contribution in [0.25, 0.3) is 0 Å². The standard InChI is InChI=1S/C18H19O2/c1-13(14-7-5-4-6-8-14)15-9-10-17-16(11-15)12-19-18(2,3)20-17/h4-11H,12H2,1-3H3. The highest BCUT2D eigenvalue weighted by molar-refractivity contribution is 5.49. The fourth-order valence-corrected chi connectivity index (χ4v) is 2.43. The fraction of sp³-hybridized carbons (Fsp3) is 0.278. The molecule has 103 valence electrons. The summed E-state index contributed by atoms with van der Waals surface area (Å²) in [5, 5.41) is 0. The zero-order valence-corrected chi connectivity index (χ0v) is 12.1. The number of rotatable bonds is 2. The minimum Gasteiger partial charge on any atom is -0.463 e. The molecule has 2 heteroatoms. The van der Waals surface area contributed by atoms with Crippen molar-refractivity contribution in [3.63, 3.8) is 0 Å². The molecule has 3 rings (SSSR count). The van der Waals surface area contributed by atoms with Crippen LogP contribution >= 0.6 is 0 Å². The Hall–Kier alpha value is -1.80. The van der Waals surface area contributed by atoms with Crippen LogP contribution in [0.1, 0.15) is 37.5 Å². The van der Waals surface area contributed by atoms with Gasteiger partial charge >= 0.3 is 0 Å². The summed E-state index contributed by atoms with van der Waals surface area (Å²) in [6.07, 6.45) is 0. The molecule has 0 bridgehead atoms. The summed E-state index contributed by atoms with van der Waals surface area (Å²) in [5.74, 6) is 1.65. The maximum absolute atomic E-state index is 5.83. The normalized spacial score (nSPS) is 16.6. The van der Waals surface area contributed by atoms with Crippen LogP contribution in [0.4, 0.5) is 0 Å². The summed E-state index contributed by atoms with van der Waals surface area (Å²) in [5.41, 5.74) is 3.56. The molecule has 1 heterocycles. The van der Waals surface area contributed by atoms with Crippen molar-refractivity contribution in [1.82, 2.24) is 0 Å². The van der Waals surface area contributed by atoms with Gasteiger partial charge in [0.05, 0.1) is 6.61 Å². The Morgan fingerprint density at radius 3 is 2.50 bits per heavy atom. The van der Waals surface area contributed by atoms with Crippen molar-refractivity contribution >= 4 is 0 Å². The predicted molar refractivity (Wildman–Crippen MR) is 79.5 cm³/mol. The van der Waals surface area contributed by atoms with Gasteiger partial charge < -0.3 is 9.47 Å². The van der Waals surface area contributed by atoms with Crippen LogP contribution in [0.3, 0.4) is 0 Å². The lowest BCUT2D eigenvalue weighted by molar-refractivity contribution is -0.180. The van der Waals surface area contributed by atoms with E-state index < -0.39 is 5.79 Å². The minimum absolute atomic E-state index is 0.535. The summed E-state index contributed by atoms with van der Waals surface area (Å²) in [6.45, 7) is 6.61. The van der Waals surface area contributed by atoms with Crippen LogP contribution in [-0.4, -0.2) is 5.79 Å². The highest BCUT2D eigenvalue weighted by Crippen LogP contribution is 2.34. The van der Waals surface area contributed by atoms with Gasteiger partial charge in [-0.3, -0.25) is 0 Å². The van der Waals surface area contributed by atoms with E-state index in [9.17, 15) is 0 Å². The van der Waals surface area contributed by atoms with E-state index in [-0.39, 0.29) is 0 Å². The van der Waals surface area contributed by atoms with E-state index in [1.165, 1.54) is 17.0 Å². The molecule has 0 unspecified atom stereocenters. The first-order valence-corrected chi connectivity index (χ1v) is 6.90. The molecule has 1 aliphatic heterocycles. The Kier molecular flexibility index (Phi) is 3.27. The molecule has 0 amide bonds. The Morgan fingerprint density at radius 1 is 1.00 bits per heavy atom. The maximum atomic E-state index is 5.83. The molecule has 0 aromatic heterocycles. The Morgan fingerprint density at radius 2 is 1.75 bits per heavy atom. The lowest BCUT2D eigenvalue weighted by atomic mass is 9.92. The third-order valence-electron chi connectivity index (χ3n) is 3.63. The van der Waals surface area contributed by atoms with E-state index in [1.54, 1.807) is 0 Å². The molecule has 0 saturated heterocycles. The molecule has 1 aliphatic rings. The van der Waals surface area contributed by atoms with Gasteiger partial charge in [-0.15, -0.1) is 0 Å². The minimum atomic E-state index is -0.535. The maximum Gasteiger partial charge on any atom is 0.205 e. The third-order valence-corrected chi connectivity index (χ3v) is 3.63. The van der Waals surface area contributed by atoms with E-state index >= 15 is 0 Å². The molecular weight excluding hydrogens is 248 g/mol. The van der Waals surface area contributed by atoms with Crippen LogP contribution in [0.5, 0.6) is 5.75 Å². The quantitative estimate of drug-likeness (QED) is 0.806. The van der Waals surface area contributed by atoms with Crippen molar-refractivity contribution in [1.29, 1.82) is 0 Å². The summed E-state index contributed by atoms with van der Waals surface area (Å²) in [4.78, 5) is 0. The second-order valence-electron chi connectivity index (χ2n) is 5.60. The van der Waals surface area contributed by atoms with Crippen molar-refractivity contribution in [3.05, 3.63) is 71.1 Å². The first-order valence-electron chi connectivity index (χ1n) is 6.90. The molecule has 0 saturated carbocycles. The van der Waals surface area contributed by atoms with E-state index in [0.717, 1.165) is 11.3 Å². The van der Waals surface area contributed by atoms with Gasteiger partial charge in [0.15, 0.2) is 0 Å². The number of benzene rings is 2. The monoisotopic (exact) mass is 267 g/mol. The number of ether oxygens (including phenoxy) is 2. The van der Waals surface area contributed by atoms with Crippen molar-refractivity contribution in [2.24, 2.45) is 0 Å². The zero-order chi connectivity index (χ0) is 14.2. The van der Waals surface area contributed by atoms with Crippen molar-refractivity contribution < 1.29 is 9.47 Å². The number of hydrogen-bond donors (Lipinski definition) is 0. The molecule has 0 N–H and O–H groups in total. The average molecular weight is 267 g/mol. The first kappa shape index (κ1) is 13.2. The van der Waals surface area contributed by atoms with Crippen LogP contribution in [-0.2, 0) is 11.3 Å². The van der Waals surface area contributed by atoms with E-state index in [2.05, 4.69) is 43.3 Å². The molecule has 0 aliphatic carbocycles. The molecular formula is C18H19O2. The van der Waals surface area contributed by atoms with Gasteiger partial charge in [-0.05, 0) is 23.3 Å². The van der Waals surface area contributed by atoms with Crippen LogP contribution in [0, 0.1) is 5.92 Å². The van der Waals surface area contributed by atoms with Gasteiger partial charge in [-0.1, -0.05) is 43.3 Å². The third kappa shape index (κ3) is 2.56. The second-order valence-corrected chi connectivity index (χ2v) is 5.60. The van der Waals surface area contributed by atoms with Gasteiger partial charge in [-0.2, -0.15) is 0 Å². The Balaban J connectivity index is 1.90. The van der Waals surface area contributed by atoms with Gasteiger partial charge in [0.2, 0.25) is 5.79 Å². The van der Waals surface area contributed by atoms with E-state index in [0.29, 0.717) is 6.61 Å². The largest absolute Gasteiger partial charge is 0.463 e. The summed E-state index contributed by atoms with van der Waals surface area (Å²) in [6, 6.07) is 16.7. The van der Waals surface area contributed by atoms with Crippen molar-refractivity contribution in [3.8, 4) is 5.75 Å². The zero-order valence-electron chi connectivity index (χ0n) is 12.1. The molecule has 2 nitrogen and oxygen atoms in total. The second kappa shape index (κ2) is 4.95. The number of fused-ring (bicyclic) bond motifs is 1. The van der Waals surface area contributed by atoms with Gasteiger partial charge in [0, 0.05) is 25.3 Å². The fourth-order valence-electron chi connectivity index (χ4n) is 2.43. The average Bonchev–Trinajstić information content (AvgIpc) is 2.46. The topological polar surface area (TPSA) is 18.5 Å². The molecule has 20 heavy (non-hydrogen) atoms. The smallest absolute Gasteiger partial charge is 0.205 e. The lowest BCUT2D eigenvalue weighted by Gasteiger charge is -2.33. The summed E-state index contributed by atoms with van der Waals surface area (Å²) >= 11 is 0. The van der Waals surface area contributed by atoms with Gasteiger partial charge in [0.25, 0.3) is 0 Å². The molecule has 0 atom stereocenters. The van der Waals surface area contributed by atoms with Crippen LogP contribution < -0.4 is 4.74 Å².